The SMILES string of the molecule is CN(C(=O)c1cccc(OCC(F)F)n1)c1ccc(Cl)cn1. The number of nitrogens with zero attached hydrogens (tertiary/aromatic N) is 3. The minimum Gasteiger partial charge on any atom is -0.472 e. The summed E-state index contributed by atoms with van der Waals surface area (Å²) in [7, 11) is 1.52. The van der Waals surface area contributed by atoms with Crippen LogP contribution in [0.5, 0.6) is 5.88 Å². The average Bonchev–Trinajstić information content (AvgIpc) is 2.52. The van der Waals surface area contributed by atoms with Crippen LogP contribution in [0.15, 0.2) is 36.5 Å². The van der Waals surface area contributed by atoms with Gasteiger partial charge in [0.15, 0.2) is 6.61 Å². The molecule has 1 amide bonds. The van der Waals surface area contributed by atoms with Crippen molar-refractivity contribution in [2.45, 2.75) is 6.43 Å². The van der Waals surface area contributed by atoms with Crippen molar-refractivity contribution in [2.24, 2.45) is 0 Å². The number of halogens is 3. The van der Waals surface area contributed by atoms with Gasteiger partial charge in [-0.2, -0.15) is 0 Å². The zero-order chi connectivity index (χ0) is 16.1. The molecule has 2 aromatic rings. The van der Waals surface area contributed by atoms with E-state index in [9.17, 15) is 13.6 Å². The molecule has 5 nitrogen and oxygen atoms in total. The molecule has 2 heterocycles. The first kappa shape index (κ1) is 16.1. The fraction of sp³-hybridized carbons (Fsp3) is 0.214. The lowest BCUT2D eigenvalue weighted by Gasteiger charge is -2.16. The molecule has 0 atom stereocenters. The molecule has 0 radical (unpaired) electrons. The predicted molar refractivity (Wildman–Crippen MR) is 77.7 cm³/mol. The van der Waals surface area contributed by atoms with Gasteiger partial charge in [0.2, 0.25) is 5.88 Å². The van der Waals surface area contributed by atoms with Gasteiger partial charge in [0.05, 0.1) is 5.02 Å². The summed E-state index contributed by atoms with van der Waals surface area (Å²) in [5.74, 6) is -0.101. The van der Waals surface area contributed by atoms with Gasteiger partial charge in [0.1, 0.15) is 11.5 Å². The van der Waals surface area contributed by atoms with Gasteiger partial charge in [-0.05, 0) is 18.2 Å². The molecule has 0 aliphatic heterocycles. The van der Waals surface area contributed by atoms with Crippen LogP contribution in [0.3, 0.4) is 0 Å². The highest BCUT2D eigenvalue weighted by molar-refractivity contribution is 6.30. The van der Waals surface area contributed by atoms with E-state index in [0.29, 0.717) is 10.8 Å². The van der Waals surface area contributed by atoms with Crippen molar-refractivity contribution in [1.29, 1.82) is 0 Å². The maximum absolute atomic E-state index is 12.3. The van der Waals surface area contributed by atoms with E-state index in [1.807, 2.05) is 0 Å². The van der Waals surface area contributed by atoms with E-state index in [0.717, 1.165) is 0 Å². The number of amides is 1. The molecule has 116 valence electrons. The van der Waals surface area contributed by atoms with E-state index in [1.54, 1.807) is 12.1 Å². The molecule has 0 saturated carbocycles. The van der Waals surface area contributed by atoms with E-state index in [-0.39, 0.29) is 11.6 Å². The van der Waals surface area contributed by atoms with Crippen LogP contribution in [0.2, 0.25) is 5.02 Å². The number of anilines is 1. The summed E-state index contributed by atoms with van der Waals surface area (Å²) < 4.78 is 29.0. The first-order valence-corrected chi connectivity index (χ1v) is 6.63. The van der Waals surface area contributed by atoms with E-state index in [2.05, 4.69) is 9.97 Å². The van der Waals surface area contributed by atoms with Crippen molar-refractivity contribution in [1.82, 2.24) is 9.97 Å². The third kappa shape index (κ3) is 4.11. The van der Waals surface area contributed by atoms with Crippen molar-refractivity contribution in [3.8, 4) is 5.88 Å². The van der Waals surface area contributed by atoms with Gasteiger partial charge in [-0.15, -0.1) is 0 Å². The summed E-state index contributed by atoms with van der Waals surface area (Å²) in [4.78, 5) is 21.5. The fourth-order valence-corrected chi connectivity index (χ4v) is 1.72. The molecule has 0 aromatic carbocycles. The number of carbonyl (C=O) groups is 1. The summed E-state index contributed by atoms with van der Waals surface area (Å²) in [6.07, 6.45) is -1.20. The van der Waals surface area contributed by atoms with Crippen LogP contribution in [0.4, 0.5) is 14.6 Å². The van der Waals surface area contributed by atoms with Crippen LogP contribution >= 0.6 is 11.6 Å². The molecule has 2 aromatic heterocycles. The summed E-state index contributed by atoms with van der Waals surface area (Å²) in [6.45, 7) is -0.779. The Morgan fingerprint density at radius 2 is 2.14 bits per heavy atom. The smallest absolute Gasteiger partial charge is 0.277 e. The molecule has 0 fully saturated rings. The number of aromatic nitrogens is 2. The Kier molecular flexibility index (Phi) is 5.21. The molecule has 0 bridgehead atoms. The lowest BCUT2D eigenvalue weighted by atomic mass is 10.3. The Balaban J connectivity index is 2.14. The van der Waals surface area contributed by atoms with E-state index in [1.165, 1.54) is 36.3 Å². The molecular formula is C14H12ClF2N3O2. The molecule has 0 spiro atoms. The fourth-order valence-electron chi connectivity index (χ4n) is 1.60. The summed E-state index contributed by atoms with van der Waals surface area (Å²) in [5.41, 5.74) is 0.0611. The molecule has 0 aliphatic rings. The summed E-state index contributed by atoms with van der Waals surface area (Å²) in [5, 5.41) is 0.449. The van der Waals surface area contributed by atoms with Gasteiger partial charge >= 0.3 is 0 Å². The second-order valence-corrected chi connectivity index (χ2v) is 4.70. The molecule has 0 N–H and O–H groups in total. The van der Waals surface area contributed by atoms with Crippen molar-refractivity contribution in [3.63, 3.8) is 0 Å². The molecule has 0 aliphatic carbocycles. The first-order valence-electron chi connectivity index (χ1n) is 6.25. The number of carbonyl (C=O) groups excluding carboxylic acids is 1. The van der Waals surface area contributed by atoms with E-state index >= 15 is 0 Å². The Morgan fingerprint density at radius 1 is 1.36 bits per heavy atom. The standard InChI is InChI=1S/C14H12ClF2N3O2/c1-20(12-6-5-9(15)7-18-12)14(21)10-3-2-4-13(19-10)22-8-11(16)17/h2-7,11H,8H2,1H3. The van der Waals surface area contributed by atoms with E-state index < -0.39 is 18.9 Å². The Bertz CT molecular complexity index is 653. The van der Waals surface area contributed by atoms with Crippen molar-refractivity contribution < 1.29 is 18.3 Å². The van der Waals surface area contributed by atoms with Crippen molar-refractivity contribution in [3.05, 3.63) is 47.2 Å². The zero-order valence-corrected chi connectivity index (χ0v) is 12.3. The summed E-state index contributed by atoms with van der Waals surface area (Å²) in [6, 6.07) is 7.55. The summed E-state index contributed by atoms with van der Waals surface area (Å²) >= 11 is 5.74. The molecule has 0 saturated heterocycles. The number of hydrogen-bond donors (Lipinski definition) is 0. The molecule has 0 unspecified atom stereocenters. The maximum Gasteiger partial charge on any atom is 0.277 e. The molecule has 2 rings (SSSR count). The Labute approximate surface area is 130 Å². The molecule has 22 heavy (non-hydrogen) atoms. The minimum atomic E-state index is -2.61. The lowest BCUT2D eigenvalue weighted by Crippen LogP contribution is -2.28. The number of alkyl halides is 2. The van der Waals surface area contributed by atoms with Crippen molar-refractivity contribution >= 4 is 23.3 Å². The Morgan fingerprint density at radius 3 is 2.77 bits per heavy atom. The number of ether oxygens (including phenoxy) is 1. The molecular weight excluding hydrogens is 316 g/mol. The van der Waals surface area contributed by atoms with Gasteiger partial charge in [-0.25, -0.2) is 18.7 Å². The minimum absolute atomic E-state index is 0.0383. The van der Waals surface area contributed by atoms with Crippen LogP contribution in [0.1, 0.15) is 10.5 Å². The highest BCUT2D eigenvalue weighted by Gasteiger charge is 2.17. The van der Waals surface area contributed by atoms with Crippen LogP contribution in [0.25, 0.3) is 0 Å². The zero-order valence-electron chi connectivity index (χ0n) is 11.5. The van der Waals surface area contributed by atoms with Gasteiger partial charge in [-0.1, -0.05) is 17.7 Å². The molecule has 8 heteroatoms. The lowest BCUT2D eigenvalue weighted by molar-refractivity contribution is 0.0793. The van der Waals surface area contributed by atoms with Crippen LogP contribution in [-0.2, 0) is 0 Å². The monoisotopic (exact) mass is 327 g/mol. The van der Waals surface area contributed by atoms with Gasteiger partial charge in [-0.3, -0.25) is 9.69 Å². The quantitative estimate of drug-likeness (QED) is 0.847. The van der Waals surface area contributed by atoms with Crippen LogP contribution in [-0.4, -0.2) is 36.0 Å². The predicted octanol–water partition coefficient (Wildman–Crippen LogP) is 3.05. The first-order chi connectivity index (χ1) is 10.5. The third-order valence-electron chi connectivity index (χ3n) is 2.66. The van der Waals surface area contributed by atoms with Gasteiger partial charge in [0.25, 0.3) is 12.3 Å². The third-order valence-corrected chi connectivity index (χ3v) is 2.88. The van der Waals surface area contributed by atoms with Gasteiger partial charge < -0.3 is 4.74 Å². The average molecular weight is 328 g/mol. The topological polar surface area (TPSA) is 55.3 Å². The van der Waals surface area contributed by atoms with Gasteiger partial charge in [0, 0.05) is 19.3 Å². The second-order valence-electron chi connectivity index (χ2n) is 4.26. The van der Waals surface area contributed by atoms with Crippen LogP contribution < -0.4 is 9.64 Å². The number of pyridine rings is 2. The highest BCUT2D eigenvalue weighted by Crippen LogP contribution is 2.16. The maximum atomic E-state index is 12.3. The largest absolute Gasteiger partial charge is 0.472 e. The Hall–Kier alpha value is -2.28. The van der Waals surface area contributed by atoms with Crippen LogP contribution in [0, 0.1) is 0 Å². The number of hydrogen-bond acceptors (Lipinski definition) is 4. The number of rotatable bonds is 5. The second kappa shape index (κ2) is 7.13. The van der Waals surface area contributed by atoms with Crippen molar-refractivity contribution in [2.75, 3.05) is 18.6 Å². The van der Waals surface area contributed by atoms with E-state index in [4.69, 9.17) is 16.3 Å². The normalized spacial score (nSPS) is 10.6. The highest BCUT2D eigenvalue weighted by atomic mass is 35.5.